The van der Waals surface area contributed by atoms with Crippen LogP contribution in [0.5, 0.6) is 0 Å². The maximum atomic E-state index is 6.14. The van der Waals surface area contributed by atoms with Crippen molar-refractivity contribution in [1.82, 2.24) is 0 Å². The molecule has 18 heavy (non-hydrogen) atoms. The predicted octanol–water partition coefficient (Wildman–Crippen LogP) is 6.70. The maximum absolute atomic E-state index is 6.14. The normalized spacial score (nSPS) is 23.7. The molecule has 1 saturated carbocycles. The molecule has 0 nitrogen and oxygen atoms in total. The maximum Gasteiger partial charge on any atom is 0.0338 e. The van der Waals surface area contributed by atoms with Gasteiger partial charge in [0.05, 0.1) is 0 Å². The molecule has 0 heterocycles. The van der Waals surface area contributed by atoms with E-state index < -0.39 is 0 Å². The van der Waals surface area contributed by atoms with Gasteiger partial charge in [0.1, 0.15) is 0 Å². The van der Waals surface area contributed by atoms with Crippen molar-refractivity contribution in [3.63, 3.8) is 0 Å². The first-order chi connectivity index (χ1) is 8.83. The highest BCUT2D eigenvalue weighted by atomic mass is 35.5. The van der Waals surface area contributed by atoms with E-state index in [4.69, 9.17) is 11.6 Å². The Hall–Kier alpha value is 0.290. The minimum Gasteiger partial charge on any atom is -0.123 e. The van der Waals surface area contributed by atoms with Crippen LogP contribution in [0.15, 0.2) is 0 Å². The van der Waals surface area contributed by atoms with Crippen LogP contribution in [0.1, 0.15) is 96.8 Å². The summed E-state index contributed by atoms with van der Waals surface area (Å²) in [5.41, 5.74) is 0. The van der Waals surface area contributed by atoms with Gasteiger partial charge in [-0.1, -0.05) is 77.6 Å². The molecule has 0 aromatic heterocycles. The van der Waals surface area contributed by atoms with Crippen molar-refractivity contribution in [1.29, 1.82) is 0 Å². The van der Waals surface area contributed by atoms with Crippen LogP contribution in [0.25, 0.3) is 0 Å². The van der Waals surface area contributed by atoms with Crippen molar-refractivity contribution >= 4 is 11.6 Å². The molecule has 0 aromatic rings. The fraction of sp³-hybridized carbons (Fsp3) is 1.00. The molecule has 1 aliphatic rings. The zero-order chi connectivity index (χ0) is 13.1. The van der Waals surface area contributed by atoms with E-state index in [1.165, 1.54) is 89.9 Å². The summed E-state index contributed by atoms with van der Waals surface area (Å²) in [6.07, 6.45) is 19.9. The van der Waals surface area contributed by atoms with Gasteiger partial charge in [-0.05, 0) is 25.2 Å². The average molecular weight is 273 g/mol. The van der Waals surface area contributed by atoms with Crippen LogP contribution in [-0.2, 0) is 0 Å². The van der Waals surface area contributed by atoms with E-state index >= 15 is 0 Å². The summed E-state index contributed by atoms with van der Waals surface area (Å²) in [7, 11) is 0. The van der Waals surface area contributed by atoms with E-state index in [2.05, 4.69) is 6.92 Å². The van der Waals surface area contributed by atoms with Gasteiger partial charge in [-0.2, -0.15) is 0 Å². The number of alkyl halides is 1. The lowest BCUT2D eigenvalue weighted by Gasteiger charge is -2.08. The predicted molar refractivity (Wildman–Crippen MR) is 83.4 cm³/mol. The fourth-order valence-electron chi connectivity index (χ4n) is 3.20. The highest BCUT2D eigenvalue weighted by Crippen LogP contribution is 2.32. The Balaban J connectivity index is 1.73. The van der Waals surface area contributed by atoms with Gasteiger partial charge in [-0.25, -0.2) is 0 Å². The summed E-state index contributed by atoms with van der Waals surface area (Å²) in [4.78, 5) is 0. The van der Waals surface area contributed by atoms with Crippen molar-refractivity contribution in [3.8, 4) is 0 Å². The highest BCUT2D eigenvalue weighted by molar-refractivity contribution is 6.20. The molecule has 2 atom stereocenters. The van der Waals surface area contributed by atoms with Gasteiger partial charge in [0.15, 0.2) is 0 Å². The van der Waals surface area contributed by atoms with Gasteiger partial charge in [0, 0.05) is 5.38 Å². The zero-order valence-electron chi connectivity index (χ0n) is 12.4. The molecule has 0 spiro atoms. The second kappa shape index (κ2) is 11.1. The molecular formula is C17H33Cl. The first-order valence-corrected chi connectivity index (χ1v) is 8.90. The molecule has 0 radical (unpaired) electrons. The Bertz CT molecular complexity index is 178. The Morgan fingerprint density at radius 3 is 1.83 bits per heavy atom. The molecule has 1 rings (SSSR count). The van der Waals surface area contributed by atoms with Crippen molar-refractivity contribution in [2.45, 2.75) is 102 Å². The van der Waals surface area contributed by atoms with Gasteiger partial charge in [-0.15, -0.1) is 11.6 Å². The standard InChI is InChI=1S/C17H33Cl/c1-2-3-4-5-6-7-8-9-10-11-12-16-13-14-17(18)15-16/h16-17H,2-15H2,1H3. The van der Waals surface area contributed by atoms with E-state index in [-0.39, 0.29) is 0 Å². The number of unbranched alkanes of at least 4 members (excludes halogenated alkanes) is 9. The average Bonchev–Trinajstić information content (AvgIpc) is 2.77. The first-order valence-electron chi connectivity index (χ1n) is 8.47. The van der Waals surface area contributed by atoms with Crippen LogP contribution in [0.3, 0.4) is 0 Å². The topological polar surface area (TPSA) is 0 Å². The number of hydrogen-bond donors (Lipinski definition) is 0. The van der Waals surface area contributed by atoms with E-state index in [0.717, 1.165) is 5.92 Å². The van der Waals surface area contributed by atoms with Gasteiger partial charge >= 0.3 is 0 Å². The van der Waals surface area contributed by atoms with Crippen molar-refractivity contribution < 1.29 is 0 Å². The minimum atomic E-state index is 0.498. The highest BCUT2D eigenvalue weighted by Gasteiger charge is 2.21. The van der Waals surface area contributed by atoms with Crippen LogP contribution in [0.2, 0.25) is 0 Å². The Morgan fingerprint density at radius 1 is 0.778 bits per heavy atom. The lowest BCUT2D eigenvalue weighted by atomic mass is 9.99. The van der Waals surface area contributed by atoms with Crippen LogP contribution in [-0.4, -0.2) is 5.38 Å². The summed E-state index contributed by atoms with van der Waals surface area (Å²) < 4.78 is 0. The molecule has 1 heteroatoms. The minimum absolute atomic E-state index is 0.498. The molecule has 0 N–H and O–H groups in total. The van der Waals surface area contributed by atoms with Crippen LogP contribution >= 0.6 is 11.6 Å². The molecule has 2 unspecified atom stereocenters. The molecule has 108 valence electrons. The second-order valence-electron chi connectivity index (χ2n) is 6.25. The third-order valence-electron chi connectivity index (χ3n) is 4.44. The van der Waals surface area contributed by atoms with E-state index in [1.54, 1.807) is 0 Å². The second-order valence-corrected chi connectivity index (χ2v) is 6.86. The molecule has 0 saturated heterocycles. The number of hydrogen-bond acceptors (Lipinski definition) is 0. The van der Waals surface area contributed by atoms with Crippen LogP contribution in [0.4, 0.5) is 0 Å². The van der Waals surface area contributed by atoms with E-state index in [1.807, 2.05) is 0 Å². The third-order valence-corrected chi connectivity index (χ3v) is 4.84. The summed E-state index contributed by atoms with van der Waals surface area (Å²) in [5.74, 6) is 0.960. The third kappa shape index (κ3) is 8.40. The van der Waals surface area contributed by atoms with Gasteiger partial charge in [0.2, 0.25) is 0 Å². The zero-order valence-corrected chi connectivity index (χ0v) is 13.2. The molecular weight excluding hydrogens is 240 g/mol. The monoisotopic (exact) mass is 272 g/mol. The smallest absolute Gasteiger partial charge is 0.0338 e. The van der Waals surface area contributed by atoms with E-state index in [0.29, 0.717) is 5.38 Å². The fourth-order valence-corrected chi connectivity index (χ4v) is 3.57. The number of rotatable bonds is 11. The summed E-state index contributed by atoms with van der Waals surface area (Å²) in [6.45, 7) is 2.29. The van der Waals surface area contributed by atoms with Crippen molar-refractivity contribution in [3.05, 3.63) is 0 Å². The Morgan fingerprint density at radius 2 is 1.33 bits per heavy atom. The first kappa shape index (κ1) is 16.3. The van der Waals surface area contributed by atoms with Crippen LogP contribution in [0, 0.1) is 5.92 Å². The lowest BCUT2D eigenvalue weighted by molar-refractivity contribution is 0.460. The Labute approximate surface area is 120 Å². The summed E-state index contributed by atoms with van der Waals surface area (Å²) in [6, 6.07) is 0. The van der Waals surface area contributed by atoms with Crippen LogP contribution < -0.4 is 0 Å². The van der Waals surface area contributed by atoms with Gasteiger partial charge in [-0.3, -0.25) is 0 Å². The molecule has 0 aliphatic heterocycles. The lowest BCUT2D eigenvalue weighted by Crippen LogP contribution is -1.95. The molecule has 0 aromatic carbocycles. The van der Waals surface area contributed by atoms with Gasteiger partial charge in [0.25, 0.3) is 0 Å². The molecule has 0 amide bonds. The Kier molecular flexibility index (Phi) is 10.1. The summed E-state index contributed by atoms with van der Waals surface area (Å²) >= 11 is 6.14. The largest absolute Gasteiger partial charge is 0.123 e. The van der Waals surface area contributed by atoms with Gasteiger partial charge < -0.3 is 0 Å². The van der Waals surface area contributed by atoms with E-state index in [9.17, 15) is 0 Å². The number of halogens is 1. The van der Waals surface area contributed by atoms with Crippen molar-refractivity contribution in [2.75, 3.05) is 0 Å². The summed E-state index contributed by atoms with van der Waals surface area (Å²) in [5, 5.41) is 0.498. The molecule has 1 aliphatic carbocycles. The quantitative estimate of drug-likeness (QED) is 0.290. The molecule has 0 bridgehead atoms. The van der Waals surface area contributed by atoms with Crippen molar-refractivity contribution in [2.24, 2.45) is 5.92 Å². The molecule has 1 fully saturated rings. The SMILES string of the molecule is CCCCCCCCCCCCC1CCC(Cl)C1.